The van der Waals surface area contributed by atoms with E-state index in [1.165, 1.54) is 12.1 Å². The number of hydrogen-bond donors (Lipinski definition) is 1. The van der Waals surface area contributed by atoms with Crippen LogP contribution in [0.5, 0.6) is 0 Å². The van der Waals surface area contributed by atoms with E-state index >= 15 is 0 Å². The van der Waals surface area contributed by atoms with Crippen molar-refractivity contribution in [2.45, 2.75) is 13.0 Å². The average Bonchev–Trinajstić information content (AvgIpc) is 3.27. The van der Waals surface area contributed by atoms with Crippen molar-refractivity contribution in [1.29, 1.82) is 0 Å². The van der Waals surface area contributed by atoms with Crippen LogP contribution in [0.15, 0.2) is 83.3 Å². The number of esters is 1. The van der Waals surface area contributed by atoms with Gasteiger partial charge in [-0.1, -0.05) is 30.3 Å². The van der Waals surface area contributed by atoms with E-state index < -0.39 is 12.1 Å². The molecule has 4 rings (SSSR count). The van der Waals surface area contributed by atoms with Crippen molar-refractivity contribution >= 4 is 17.3 Å². The molecular formula is C23H18FN3O3. The maximum atomic E-state index is 13.1. The van der Waals surface area contributed by atoms with Crippen LogP contribution in [0, 0.1) is 5.82 Å². The van der Waals surface area contributed by atoms with E-state index in [1.807, 2.05) is 30.3 Å². The molecule has 3 aromatic carbocycles. The van der Waals surface area contributed by atoms with Crippen LogP contribution in [-0.4, -0.2) is 16.2 Å². The lowest BCUT2D eigenvalue weighted by molar-refractivity contribution is 0.0281. The van der Waals surface area contributed by atoms with Gasteiger partial charge in [0.15, 0.2) is 6.10 Å². The Labute approximate surface area is 172 Å². The number of aromatic nitrogens is 2. The molecule has 0 aliphatic rings. The van der Waals surface area contributed by atoms with Crippen LogP contribution in [-0.2, 0) is 4.74 Å². The standard InChI is InChI=1S/C23H18FN3O3/c1-15(21-26-27-22(30-21)16-7-3-2-4-8-16)29-23(28)19-9-5-6-10-20(19)25-18-13-11-17(24)12-14-18/h2-15,25H,1H3. The van der Waals surface area contributed by atoms with Gasteiger partial charge in [0.05, 0.1) is 11.3 Å². The fourth-order valence-electron chi connectivity index (χ4n) is 2.83. The van der Waals surface area contributed by atoms with Gasteiger partial charge in [0, 0.05) is 11.3 Å². The first-order valence-corrected chi connectivity index (χ1v) is 9.31. The van der Waals surface area contributed by atoms with Gasteiger partial charge in [0.1, 0.15) is 5.82 Å². The Kier molecular flexibility index (Phi) is 5.52. The number of nitrogens with zero attached hydrogens (tertiary/aromatic N) is 2. The molecule has 0 radical (unpaired) electrons. The Balaban J connectivity index is 1.49. The van der Waals surface area contributed by atoms with Gasteiger partial charge in [-0.3, -0.25) is 0 Å². The first kappa shape index (κ1) is 19.3. The molecule has 0 aliphatic carbocycles. The van der Waals surface area contributed by atoms with E-state index in [4.69, 9.17) is 9.15 Å². The monoisotopic (exact) mass is 403 g/mol. The zero-order chi connectivity index (χ0) is 20.9. The van der Waals surface area contributed by atoms with Gasteiger partial charge in [0.25, 0.3) is 5.89 Å². The second-order valence-corrected chi connectivity index (χ2v) is 6.54. The van der Waals surface area contributed by atoms with Crippen molar-refractivity contribution in [1.82, 2.24) is 10.2 Å². The normalized spacial score (nSPS) is 11.7. The maximum Gasteiger partial charge on any atom is 0.341 e. The molecule has 7 heteroatoms. The summed E-state index contributed by atoms with van der Waals surface area (Å²) in [5.41, 5.74) is 2.30. The van der Waals surface area contributed by atoms with Crippen LogP contribution in [0.4, 0.5) is 15.8 Å². The van der Waals surface area contributed by atoms with Gasteiger partial charge in [-0.2, -0.15) is 0 Å². The van der Waals surface area contributed by atoms with Gasteiger partial charge >= 0.3 is 5.97 Å². The highest BCUT2D eigenvalue weighted by Gasteiger charge is 2.21. The lowest BCUT2D eigenvalue weighted by atomic mass is 10.1. The minimum atomic E-state index is -0.735. The molecule has 0 amide bonds. The summed E-state index contributed by atoms with van der Waals surface area (Å²) in [6, 6.07) is 22.1. The summed E-state index contributed by atoms with van der Waals surface area (Å²) in [5, 5.41) is 11.1. The molecule has 0 saturated carbocycles. The highest BCUT2D eigenvalue weighted by Crippen LogP contribution is 2.26. The number of benzene rings is 3. The third-order valence-corrected chi connectivity index (χ3v) is 4.36. The summed E-state index contributed by atoms with van der Waals surface area (Å²) in [6.07, 6.45) is -0.735. The number of carbonyl (C=O) groups is 1. The molecular weight excluding hydrogens is 385 g/mol. The molecule has 1 aromatic heterocycles. The minimum Gasteiger partial charge on any atom is -0.449 e. The molecule has 30 heavy (non-hydrogen) atoms. The predicted molar refractivity (Wildman–Crippen MR) is 110 cm³/mol. The maximum absolute atomic E-state index is 13.1. The number of halogens is 1. The molecule has 0 fully saturated rings. The highest BCUT2D eigenvalue weighted by molar-refractivity contribution is 5.96. The fraction of sp³-hybridized carbons (Fsp3) is 0.0870. The van der Waals surface area contributed by atoms with Crippen LogP contribution < -0.4 is 5.32 Å². The van der Waals surface area contributed by atoms with Gasteiger partial charge in [-0.25, -0.2) is 9.18 Å². The lowest BCUT2D eigenvalue weighted by Gasteiger charge is -2.14. The van der Waals surface area contributed by atoms with Crippen molar-refractivity contribution in [3.63, 3.8) is 0 Å². The topological polar surface area (TPSA) is 77.2 Å². The van der Waals surface area contributed by atoms with E-state index in [0.29, 0.717) is 22.8 Å². The average molecular weight is 403 g/mol. The van der Waals surface area contributed by atoms with E-state index in [2.05, 4.69) is 15.5 Å². The molecule has 0 spiro atoms. The first-order valence-electron chi connectivity index (χ1n) is 9.31. The van der Waals surface area contributed by atoms with E-state index in [9.17, 15) is 9.18 Å². The Bertz CT molecular complexity index is 1140. The second kappa shape index (κ2) is 8.57. The molecule has 1 atom stereocenters. The number of nitrogens with one attached hydrogen (secondary N) is 1. The van der Waals surface area contributed by atoms with Crippen molar-refractivity contribution < 1.29 is 18.3 Å². The molecule has 6 nitrogen and oxygen atoms in total. The Morgan fingerprint density at radius 3 is 2.43 bits per heavy atom. The quantitative estimate of drug-likeness (QED) is 0.426. The van der Waals surface area contributed by atoms with Gasteiger partial charge in [-0.15, -0.1) is 10.2 Å². The number of rotatable bonds is 6. The smallest absolute Gasteiger partial charge is 0.341 e. The summed E-state index contributed by atoms with van der Waals surface area (Å²) in [7, 11) is 0. The van der Waals surface area contributed by atoms with Crippen molar-refractivity contribution in [3.05, 3.63) is 96.1 Å². The van der Waals surface area contributed by atoms with Crippen molar-refractivity contribution in [2.24, 2.45) is 0 Å². The molecule has 150 valence electrons. The van der Waals surface area contributed by atoms with Gasteiger partial charge in [-0.05, 0) is 55.5 Å². The molecule has 1 unspecified atom stereocenters. The minimum absolute atomic E-state index is 0.200. The molecule has 0 saturated heterocycles. The second-order valence-electron chi connectivity index (χ2n) is 6.54. The summed E-state index contributed by atoms with van der Waals surface area (Å²) in [6.45, 7) is 1.66. The molecule has 4 aromatic rings. The number of hydrogen-bond acceptors (Lipinski definition) is 6. The first-order chi connectivity index (χ1) is 14.6. The molecule has 1 heterocycles. The van der Waals surface area contributed by atoms with Crippen molar-refractivity contribution in [3.8, 4) is 11.5 Å². The molecule has 1 N–H and O–H groups in total. The fourth-order valence-corrected chi connectivity index (χ4v) is 2.83. The SMILES string of the molecule is CC(OC(=O)c1ccccc1Nc1ccc(F)cc1)c1nnc(-c2ccccc2)o1. The Morgan fingerprint density at radius 2 is 1.67 bits per heavy atom. The number of ether oxygens (including phenoxy) is 1. The lowest BCUT2D eigenvalue weighted by Crippen LogP contribution is -2.11. The Morgan fingerprint density at radius 1 is 0.967 bits per heavy atom. The summed E-state index contributed by atoms with van der Waals surface area (Å²) in [5.74, 6) is -0.332. The van der Waals surface area contributed by atoms with Crippen LogP contribution in [0.3, 0.4) is 0 Å². The summed E-state index contributed by atoms with van der Waals surface area (Å²) >= 11 is 0. The largest absolute Gasteiger partial charge is 0.449 e. The number of carbonyl (C=O) groups excluding carboxylic acids is 1. The Hall–Kier alpha value is -4.00. The number of para-hydroxylation sites is 1. The van der Waals surface area contributed by atoms with Crippen LogP contribution in [0.25, 0.3) is 11.5 Å². The summed E-state index contributed by atoms with van der Waals surface area (Å²) < 4.78 is 24.3. The third kappa shape index (κ3) is 4.35. The van der Waals surface area contributed by atoms with Crippen LogP contribution >= 0.6 is 0 Å². The zero-order valence-corrected chi connectivity index (χ0v) is 16.1. The van der Waals surface area contributed by atoms with Crippen LogP contribution in [0.1, 0.15) is 29.3 Å². The van der Waals surface area contributed by atoms with Crippen LogP contribution in [0.2, 0.25) is 0 Å². The van der Waals surface area contributed by atoms with E-state index in [1.54, 1.807) is 43.3 Å². The van der Waals surface area contributed by atoms with Gasteiger partial charge < -0.3 is 14.5 Å². The highest BCUT2D eigenvalue weighted by atomic mass is 19.1. The molecule has 0 aliphatic heterocycles. The van der Waals surface area contributed by atoms with Gasteiger partial charge in [0.2, 0.25) is 5.89 Å². The van der Waals surface area contributed by atoms with Crippen molar-refractivity contribution in [2.75, 3.05) is 5.32 Å². The number of anilines is 2. The predicted octanol–water partition coefficient (Wildman–Crippen LogP) is 5.54. The molecule has 0 bridgehead atoms. The summed E-state index contributed by atoms with van der Waals surface area (Å²) in [4.78, 5) is 12.8. The third-order valence-electron chi connectivity index (χ3n) is 4.36. The van der Waals surface area contributed by atoms with E-state index in [-0.39, 0.29) is 11.7 Å². The van der Waals surface area contributed by atoms with E-state index in [0.717, 1.165) is 5.56 Å². The zero-order valence-electron chi connectivity index (χ0n) is 16.1.